The molecule has 0 aromatic heterocycles. The molecule has 0 atom stereocenters. The molecule has 5 heteroatoms. The third-order valence-corrected chi connectivity index (χ3v) is 5.15. The second-order valence-electron chi connectivity index (χ2n) is 5.38. The smallest absolute Gasteiger partial charge is 0.225 e. The van der Waals surface area contributed by atoms with Crippen LogP contribution in [0.2, 0.25) is 0 Å². The first-order valence-electron chi connectivity index (χ1n) is 7.54. The van der Waals surface area contributed by atoms with Crippen LogP contribution in [0.4, 0.5) is 11.4 Å². The number of carbonyl (C=O) groups excluding carboxylic acids is 1. The summed E-state index contributed by atoms with van der Waals surface area (Å²) in [7, 11) is 1.59. The highest BCUT2D eigenvalue weighted by Crippen LogP contribution is 2.29. The van der Waals surface area contributed by atoms with E-state index in [9.17, 15) is 4.79 Å². The van der Waals surface area contributed by atoms with E-state index in [1.807, 2.05) is 11.8 Å². The molecule has 21 heavy (non-hydrogen) atoms. The first-order valence-corrected chi connectivity index (χ1v) is 8.59. The van der Waals surface area contributed by atoms with Crippen LogP contribution in [0.15, 0.2) is 18.2 Å². The number of benzene rings is 1. The van der Waals surface area contributed by atoms with Gasteiger partial charge in [0.15, 0.2) is 0 Å². The minimum Gasteiger partial charge on any atom is -0.497 e. The second-order valence-corrected chi connectivity index (χ2v) is 6.79. The molecular formula is C16H24N2O2S. The number of amides is 1. The molecule has 0 aliphatic heterocycles. The average Bonchev–Trinajstić information content (AvgIpc) is 2.50. The first kappa shape index (κ1) is 16.0. The fourth-order valence-electron chi connectivity index (χ4n) is 2.54. The largest absolute Gasteiger partial charge is 0.497 e. The van der Waals surface area contributed by atoms with Gasteiger partial charge in [-0.05, 0) is 25.0 Å². The predicted octanol–water partition coefficient (Wildman–Crippen LogP) is 3.67. The average molecular weight is 308 g/mol. The Balaban J connectivity index is 1.73. The lowest BCUT2D eigenvalue weighted by molar-refractivity contribution is -0.115. The summed E-state index contributed by atoms with van der Waals surface area (Å²) in [6, 6.07) is 5.29. The van der Waals surface area contributed by atoms with E-state index in [2.05, 4.69) is 5.32 Å². The summed E-state index contributed by atoms with van der Waals surface area (Å²) in [5.74, 6) is 1.60. The van der Waals surface area contributed by atoms with Crippen molar-refractivity contribution in [3.8, 4) is 5.75 Å². The summed E-state index contributed by atoms with van der Waals surface area (Å²) >= 11 is 1.93. The van der Waals surface area contributed by atoms with Crippen LogP contribution in [0.25, 0.3) is 0 Å². The molecule has 4 nitrogen and oxygen atoms in total. The number of carbonyl (C=O) groups is 1. The predicted molar refractivity (Wildman–Crippen MR) is 90.0 cm³/mol. The van der Waals surface area contributed by atoms with Crippen LogP contribution in [0, 0.1) is 0 Å². The van der Waals surface area contributed by atoms with Gasteiger partial charge in [0, 0.05) is 23.5 Å². The molecule has 1 aromatic rings. The van der Waals surface area contributed by atoms with Crippen LogP contribution >= 0.6 is 11.8 Å². The van der Waals surface area contributed by atoms with Gasteiger partial charge in [-0.1, -0.05) is 19.3 Å². The molecule has 1 amide bonds. The maximum absolute atomic E-state index is 11.9. The lowest BCUT2D eigenvalue weighted by Crippen LogP contribution is -2.15. The maximum atomic E-state index is 11.9. The van der Waals surface area contributed by atoms with E-state index >= 15 is 0 Å². The van der Waals surface area contributed by atoms with Gasteiger partial charge >= 0.3 is 0 Å². The van der Waals surface area contributed by atoms with Crippen molar-refractivity contribution >= 4 is 29.0 Å². The molecule has 3 N–H and O–H groups in total. The molecule has 1 aromatic carbocycles. The molecule has 0 bridgehead atoms. The van der Waals surface area contributed by atoms with Crippen LogP contribution in [-0.4, -0.2) is 24.0 Å². The summed E-state index contributed by atoms with van der Waals surface area (Å²) in [5.41, 5.74) is 7.08. The summed E-state index contributed by atoms with van der Waals surface area (Å²) in [6.07, 6.45) is 7.19. The van der Waals surface area contributed by atoms with E-state index in [0.717, 1.165) is 11.0 Å². The van der Waals surface area contributed by atoms with E-state index in [1.165, 1.54) is 32.1 Å². The molecule has 0 saturated heterocycles. The van der Waals surface area contributed by atoms with Crippen LogP contribution in [0.5, 0.6) is 5.75 Å². The van der Waals surface area contributed by atoms with E-state index in [1.54, 1.807) is 25.3 Å². The van der Waals surface area contributed by atoms with Crippen molar-refractivity contribution < 1.29 is 9.53 Å². The number of hydrogen-bond donors (Lipinski definition) is 2. The second kappa shape index (κ2) is 8.17. The highest BCUT2D eigenvalue weighted by Gasteiger charge is 2.14. The van der Waals surface area contributed by atoms with Crippen molar-refractivity contribution in [3.63, 3.8) is 0 Å². The molecule has 0 radical (unpaired) electrons. The number of ether oxygens (including phenoxy) is 1. The molecule has 2 rings (SSSR count). The van der Waals surface area contributed by atoms with Crippen LogP contribution in [-0.2, 0) is 4.79 Å². The molecular weight excluding hydrogens is 284 g/mol. The zero-order valence-corrected chi connectivity index (χ0v) is 13.4. The standard InChI is InChI=1S/C16H24N2O2S/c1-20-12-7-8-15(14(17)11-12)18-16(19)9-10-21-13-5-3-2-4-6-13/h7-8,11,13H,2-6,9-10,17H2,1H3,(H,18,19). The number of nitrogens with two attached hydrogens (primary N) is 1. The van der Waals surface area contributed by atoms with Gasteiger partial charge in [0.2, 0.25) is 5.91 Å². The SMILES string of the molecule is COc1ccc(NC(=O)CCSC2CCCCC2)c(N)c1. The lowest BCUT2D eigenvalue weighted by Gasteiger charge is -2.20. The van der Waals surface area contributed by atoms with Crippen molar-refractivity contribution in [2.24, 2.45) is 0 Å². The molecule has 1 saturated carbocycles. The molecule has 0 heterocycles. The summed E-state index contributed by atoms with van der Waals surface area (Å²) in [6.45, 7) is 0. The zero-order chi connectivity index (χ0) is 15.1. The normalized spacial score (nSPS) is 15.7. The number of nitrogens with one attached hydrogen (secondary N) is 1. The third-order valence-electron chi connectivity index (χ3n) is 3.77. The van der Waals surface area contributed by atoms with Gasteiger partial charge in [-0.2, -0.15) is 11.8 Å². The molecule has 0 spiro atoms. The Hall–Kier alpha value is -1.36. The highest BCUT2D eigenvalue weighted by molar-refractivity contribution is 7.99. The van der Waals surface area contributed by atoms with Gasteiger partial charge in [-0.3, -0.25) is 4.79 Å². The Bertz CT molecular complexity index is 473. The van der Waals surface area contributed by atoms with Gasteiger partial charge in [-0.15, -0.1) is 0 Å². The van der Waals surface area contributed by atoms with Crippen molar-refractivity contribution in [2.45, 2.75) is 43.8 Å². The van der Waals surface area contributed by atoms with E-state index in [4.69, 9.17) is 10.5 Å². The minimum absolute atomic E-state index is 0.0233. The third kappa shape index (κ3) is 5.16. The van der Waals surface area contributed by atoms with Gasteiger partial charge in [0.05, 0.1) is 18.5 Å². The van der Waals surface area contributed by atoms with Crippen molar-refractivity contribution in [1.82, 2.24) is 0 Å². The molecule has 1 fully saturated rings. The molecule has 1 aliphatic rings. The van der Waals surface area contributed by atoms with Crippen molar-refractivity contribution in [1.29, 1.82) is 0 Å². The number of methoxy groups -OCH3 is 1. The van der Waals surface area contributed by atoms with Gasteiger partial charge in [0.25, 0.3) is 0 Å². The molecule has 0 unspecified atom stereocenters. The summed E-state index contributed by atoms with van der Waals surface area (Å²) in [4.78, 5) is 11.9. The first-order chi connectivity index (χ1) is 10.2. The lowest BCUT2D eigenvalue weighted by atomic mass is 10.0. The van der Waals surface area contributed by atoms with Crippen LogP contribution < -0.4 is 15.8 Å². The number of thioether (sulfide) groups is 1. The van der Waals surface area contributed by atoms with E-state index in [-0.39, 0.29) is 5.91 Å². The highest BCUT2D eigenvalue weighted by atomic mass is 32.2. The van der Waals surface area contributed by atoms with Crippen LogP contribution in [0.1, 0.15) is 38.5 Å². The Kier molecular flexibility index (Phi) is 6.23. The fourth-order valence-corrected chi connectivity index (χ4v) is 3.85. The van der Waals surface area contributed by atoms with Gasteiger partial charge in [-0.25, -0.2) is 0 Å². The van der Waals surface area contributed by atoms with Crippen molar-refractivity contribution in [3.05, 3.63) is 18.2 Å². The Morgan fingerprint density at radius 1 is 1.38 bits per heavy atom. The van der Waals surface area contributed by atoms with Crippen LogP contribution in [0.3, 0.4) is 0 Å². The number of nitrogen functional groups attached to an aromatic ring is 1. The van der Waals surface area contributed by atoms with E-state index < -0.39 is 0 Å². The maximum Gasteiger partial charge on any atom is 0.225 e. The monoisotopic (exact) mass is 308 g/mol. The number of rotatable bonds is 6. The Morgan fingerprint density at radius 2 is 2.14 bits per heavy atom. The Labute approximate surface area is 130 Å². The number of hydrogen-bond acceptors (Lipinski definition) is 4. The Morgan fingerprint density at radius 3 is 2.81 bits per heavy atom. The molecule has 1 aliphatic carbocycles. The van der Waals surface area contributed by atoms with Gasteiger partial charge in [0.1, 0.15) is 5.75 Å². The molecule has 116 valence electrons. The van der Waals surface area contributed by atoms with E-state index in [0.29, 0.717) is 23.5 Å². The minimum atomic E-state index is 0.0233. The topological polar surface area (TPSA) is 64.3 Å². The summed E-state index contributed by atoms with van der Waals surface area (Å²) in [5, 5.41) is 3.61. The fraction of sp³-hybridized carbons (Fsp3) is 0.562. The summed E-state index contributed by atoms with van der Waals surface area (Å²) < 4.78 is 5.09. The number of anilines is 2. The van der Waals surface area contributed by atoms with Gasteiger partial charge < -0.3 is 15.8 Å². The zero-order valence-electron chi connectivity index (χ0n) is 12.6. The quantitative estimate of drug-likeness (QED) is 0.787. The van der Waals surface area contributed by atoms with Crippen molar-refractivity contribution in [2.75, 3.05) is 23.9 Å².